The summed E-state index contributed by atoms with van der Waals surface area (Å²) in [5.74, 6) is 0.546. The van der Waals surface area contributed by atoms with E-state index < -0.39 is 0 Å². The molecule has 0 spiro atoms. The Hall–Kier alpha value is -2.78. The van der Waals surface area contributed by atoms with Gasteiger partial charge in [-0.3, -0.25) is 4.79 Å². The second-order valence-corrected chi connectivity index (χ2v) is 4.83. The van der Waals surface area contributed by atoms with Crippen molar-refractivity contribution < 1.29 is 4.79 Å². The molecule has 1 fully saturated rings. The summed E-state index contributed by atoms with van der Waals surface area (Å²) in [6.45, 7) is 0.150. The van der Waals surface area contributed by atoms with E-state index in [2.05, 4.69) is 30.4 Å². The van der Waals surface area contributed by atoms with Crippen molar-refractivity contribution in [1.29, 1.82) is 0 Å². The van der Waals surface area contributed by atoms with Crippen LogP contribution in [0.3, 0.4) is 0 Å². The molecule has 1 aliphatic rings. The molecule has 2 aromatic rings. The molecule has 10 heteroatoms. The van der Waals surface area contributed by atoms with Crippen molar-refractivity contribution >= 4 is 17.8 Å². The largest absolute Gasteiger partial charge is 0.368 e. The number of nitrogens with one attached hydrogen (secondary N) is 1. The van der Waals surface area contributed by atoms with Crippen LogP contribution in [0.5, 0.6) is 0 Å². The molecule has 3 rings (SSSR count). The number of hydrogen-bond donors (Lipinski definition) is 2. The minimum Gasteiger partial charge on any atom is -0.368 e. The maximum absolute atomic E-state index is 11.8. The monoisotopic (exact) mass is 289 g/mol. The second kappa shape index (κ2) is 5.31. The first-order chi connectivity index (χ1) is 10.1. The number of amides is 1. The predicted molar refractivity (Wildman–Crippen MR) is 73.6 cm³/mol. The van der Waals surface area contributed by atoms with Crippen LogP contribution in [-0.2, 0) is 4.79 Å². The first-order valence-corrected chi connectivity index (χ1v) is 6.49. The van der Waals surface area contributed by atoms with E-state index in [1.165, 1.54) is 17.3 Å². The number of carbonyl (C=O) groups is 1. The summed E-state index contributed by atoms with van der Waals surface area (Å²) >= 11 is 0. The Labute approximate surface area is 120 Å². The minimum atomic E-state index is -0.0683. The van der Waals surface area contributed by atoms with Gasteiger partial charge in [0.05, 0.1) is 6.54 Å². The van der Waals surface area contributed by atoms with Crippen LogP contribution in [0, 0.1) is 0 Å². The molecule has 1 aliphatic carbocycles. The normalized spacial score (nSPS) is 14.0. The summed E-state index contributed by atoms with van der Waals surface area (Å²) in [4.78, 5) is 29.5. The predicted octanol–water partition coefficient (Wildman–Crippen LogP) is -1.25. The highest BCUT2D eigenvalue weighted by Crippen LogP contribution is 2.18. The molecule has 1 saturated carbocycles. The number of likely N-dealkylation sites (N-methyl/N-ethyl adjacent to an activating group) is 1. The number of anilines is 2. The maximum atomic E-state index is 11.8. The van der Waals surface area contributed by atoms with E-state index in [4.69, 9.17) is 5.73 Å². The minimum absolute atomic E-state index is 0.0555. The Bertz CT molecular complexity index is 637. The van der Waals surface area contributed by atoms with Gasteiger partial charge in [0.15, 0.2) is 0 Å². The van der Waals surface area contributed by atoms with E-state index in [0.717, 1.165) is 12.8 Å². The van der Waals surface area contributed by atoms with Gasteiger partial charge >= 0.3 is 0 Å². The van der Waals surface area contributed by atoms with E-state index in [9.17, 15) is 4.79 Å². The molecule has 0 bridgehead atoms. The van der Waals surface area contributed by atoms with E-state index in [1.54, 1.807) is 11.9 Å². The lowest BCUT2D eigenvalue weighted by Crippen LogP contribution is -2.37. The van der Waals surface area contributed by atoms with Crippen molar-refractivity contribution in [2.75, 3.05) is 24.2 Å². The smallest absolute Gasteiger partial charge is 0.258 e. The van der Waals surface area contributed by atoms with Crippen LogP contribution in [0.2, 0.25) is 0 Å². The molecule has 1 amide bonds. The number of carbonyl (C=O) groups excluding carboxylic acids is 1. The topological polar surface area (TPSA) is 128 Å². The highest BCUT2D eigenvalue weighted by Gasteiger charge is 2.24. The average Bonchev–Trinajstić information content (AvgIpc) is 3.07. The Morgan fingerprint density at radius 2 is 2.29 bits per heavy atom. The van der Waals surface area contributed by atoms with Gasteiger partial charge in [0, 0.05) is 13.1 Å². The number of nitrogens with two attached hydrogens (primary N) is 1. The number of rotatable bonds is 5. The zero-order valence-corrected chi connectivity index (χ0v) is 11.5. The molecule has 0 aromatic carbocycles. The lowest BCUT2D eigenvalue weighted by Gasteiger charge is -2.17. The van der Waals surface area contributed by atoms with Gasteiger partial charge in [-0.1, -0.05) is 0 Å². The van der Waals surface area contributed by atoms with Gasteiger partial charge in [0.2, 0.25) is 17.8 Å². The molecule has 0 saturated heterocycles. The van der Waals surface area contributed by atoms with Crippen LogP contribution in [0.15, 0.2) is 12.7 Å². The van der Waals surface area contributed by atoms with Crippen LogP contribution in [0.4, 0.5) is 11.9 Å². The van der Waals surface area contributed by atoms with Gasteiger partial charge in [0.1, 0.15) is 12.7 Å². The van der Waals surface area contributed by atoms with Crippen molar-refractivity contribution in [2.45, 2.75) is 18.9 Å². The average molecular weight is 289 g/mol. The van der Waals surface area contributed by atoms with Crippen molar-refractivity contribution in [3.8, 4) is 5.95 Å². The van der Waals surface area contributed by atoms with E-state index in [0.29, 0.717) is 12.0 Å². The molecule has 3 N–H and O–H groups in total. The Kier molecular flexibility index (Phi) is 3.34. The Balaban J connectivity index is 1.75. The maximum Gasteiger partial charge on any atom is 0.258 e. The third kappa shape index (κ3) is 3.22. The lowest BCUT2D eigenvalue weighted by atomic mass is 10.5. The zero-order chi connectivity index (χ0) is 14.8. The van der Waals surface area contributed by atoms with Gasteiger partial charge in [-0.05, 0) is 12.8 Å². The van der Waals surface area contributed by atoms with Crippen molar-refractivity contribution in [2.24, 2.45) is 0 Å². The molecule has 0 radical (unpaired) electrons. The standard InChI is InChI=1S/C11H15N9O/c1-19(4-8(21)15-7-2-3-7)10-16-9(12)17-11(18-10)20-6-13-5-14-20/h5-7H,2-4H2,1H3,(H,15,21)(H2,12,16,17,18). The summed E-state index contributed by atoms with van der Waals surface area (Å²) in [5.41, 5.74) is 5.67. The third-order valence-electron chi connectivity index (χ3n) is 2.92. The van der Waals surface area contributed by atoms with Crippen LogP contribution < -0.4 is 16.0 Å². The highest BCUT2D eigenvalue weighted by molar-refractivity contribution is 5.81. The number of aromatic nitrogens is 6. The van der Waals surface area contributed by atoms with Gasteiger partial charge in [-0.25, -0.2) is 4.98 Å². The highest BCUT2D eigenvalue weighted by atomic mass is 16.2. The fraction of sp³-hybridized carbons (Fsp3) is 0.455. The Morgan fingerprint density at radius 1 is 1.48 bits per heavy atom. The van der Waals surface area contributed by atoms with Gasteiger partial charge in [0.25, 0.3) is 5.95 Å². The SMILES string of the molecule is CN(CC(=O)NC1CC1)c1nc(N)nc(-n2cncn2)n1. The quantitative estimate of drug-likeness (QED) is 0.698. The van der Waals surface area contributed by atoms with Crippen molar-refractivity contribution in [3.63, 3.8) is 0 Å². The van der Waals surface area contributed by atoms with Crippen molar-refractivity contribution in [3.05, 3.63) is 12.7 Å². The molecule has 10 nitrogen and oxygen atoms in total. The summed E-state index contributed by atoms with van der Waals surface area (Å²) in [6, 6.07) is 0.319. The van der Waals surface area contributed by atoms with Crippen LogP contribution in [-0.4, -0.2) is 55.3 Å². The molecule has 2 heterocycles. The summed E-state index contributed by atoms with van der Waals surface area (Å²) in [7, 11) is 1.71. The summed E-state index contributed by atoms with van der Waals surface area (Å²) < 4.78 is 1.37. The molecule has 21 heavy (non-hydrogen) atoms. The second-order valence-electron chi connectivity index (χ2n) is 4.83. The Morgan fingerprint density at radius 3 is 2.95 bits per heavy atom. The van der Waals surface area contributed by atoms with Crippen molar-refractivity contribution in [1.82, 2.24) is 35.0 Å². The zero-order valence-electron chi connectivity index (χ0n) is 11.5. The number of nitrogens with zero attached hydrogens (tertiary/aromatic N) is 7. The summed E-state index contributed by atoms with van der Waals surface area (Å²) in [5, 5.41) is 6.84. The van der Waals surface area contributed by atoms with Crippen LogP contribution in [0.1, 0.15) is 12.8 Å². The number of nitrogen functional groups attached to an aromatic ring is 1. The fourth-order valence-electron chi connectivity index (χ4n) is 1.74. The lowest BCUT2D eigenvalue weighted by molar-refractivity contribution is -0.119. The molecule has 110 valence electrons. The van der Waals surface area contributed by atoms with Crippen LogP contribution in [0.25, 0.3) is 5.95 Å². The van der Waals surface area contributed by atoms with E-state index >= 15 is 0 Å². The van der Waals surface area contributed by atoms with E-state index in [1.807, 2.05) is 0 Å². The van der Waals surface area contributed by atoms with Crippen LogP contribution >= 0.6 is 0 Å². The molecule has 0 atom stereocenters. The number of hydrogen-bond acceptors (Lipinski definition) is 8. The first kappa shape index (κ1) is 13.2. The third-order valence-corrected chi connectivity index (χ3v) is 2.92. The summed E-state index contributed by atoms with van der Waals surface area (Å²) in [6.07, 6.45) is 4.92. The molecule has 0 unspecified atom stereocenters. The van der Waals surface area contributed by atoms with Gasteiger partial charge in [-0.2, -0.15) is 24.7 Å². The fourth-order valence-corrected chi connectivity index (χ4v) is 1.74. The molecular formula is C11H15N9O. The van der Waals surface area contributed by atoms with E-state index in [-0.39, 0.29) is 24.3 Å². The first-order valence-electron chi connectivity index (χ1n) is 6.49. The molecule has 2 aromatic heterocycles. The molecule has 0 aliphatic heterocycles. The van der Waals surface area contributed by atoms with Gasteiger partial charge in [-0.15, -0.1) is 0 Å². The van der Waals surface area contributed by atoms with Gasteiger partial charge < -0.3 is 16.0 Å². The molecular weight excluding hydrogens is 274 g/mol.